The van der Waals surface area contributed by atoms with Crippen molar-refractivity contribution in [2.24, 2.45) is 5.73 Å². The number of non-ortho nitro benzene ring substituents is 1. The van der Waals surface area contributed by atoms with Crippen LogP contribution in [0, 0.1) is 15.9 Å². The Bertz CT molecular complexity index is 355. The van der Waals surface area contributed by atoms with Crippen molar-refractivity contribution in [2.45, 2.75) is 19.4 Å². The fraction of sp³-hybridized carbons (Fsp3) is 0.333. The van der Waals surface area contributed by atoms with Crippen LogP contribution < -0.4 is 5.73 Å². The number of benzene rings is 1. The number of rotatable bonds is 3. The second-order valence-corrected chi connectivity index (χ2v) is 2.98. The summed E-state index contributed by atoms with van der Waals surface area (Å²) < 4.78 is 13.3. The second-order valence-electron chi connectivity index (χ2n) is 2.98. The van der Waals surface area contributed by atoms with Gasteiger partial charge in [0.25, 0.3) is 5.69 Å². The van der Waals surface area contributed by atoms with E-state index in [2.05, 4.69) is 0 Å². The number of nitro benzene ring substituents is 1. The van der Waals surface area contributed by atoms with Crippen molar-refractivity contribution in [2.75, 3.05) is 0 Å². The number of nitrogens with zero attached hydrogens (tertiary/aromatic N) is 1. The molecule has 2 N–H and O–H groups in total. The van der Waals surface area contributed by atoms with Crippen molar-refractivity contribution in [1.29, 1.82) is 0 Å². The molecule has 76 valence electrons. The van der Waals surface area contributed by atoms with Crippen LogP contribution in [0.4, 0.5) is 10.1 Å². The summed E-state index contributed by atoms with van der Waals surface area (Å²) in [4.78, 5) is 9.68. The fourth-order valence-corrected chi connectivity index (χ4v) is 1.15. The van der Waals surface area contributed by atoms with Gasteiger partial charge in [-0.05, 0) is 12.5 Å². The van der Waals surface area contributed by atoms with Crippen LogP contribution >= 0.6 is 0 Å². The molecule has 1 aromatic carbocycles. The van der Waals surface area contributed by atoms with Gasteiger partial charge in [-0.2, -0.15) is 0 Å². The normalized spacial score (nSPS) is 12.5. The van der Waals surface area contributed by atoms with Crippen molar-refractivity contribution in [3.8, 4) is 0 Å². The van der Waals surface area contributed by atoms with E-state index < -0.39 is 16.8 Å². The van der Waals surface area contributed by atoms with Gasteiger partial charge in [0.1, 0.15) is 5.82 Å². The summed E-state index contributed by atoms with van der Waals surface area (Å²) in [6.45, 7) is 1.82. The first-order valence-electron chi connectivity index (χ1n) is 4.25. The minimum Gasteiger partial charge on any atom is -0.324 e. The van der Waals surface area contributed by atoms with Crippen LogP contribution in [0.15, 0.2) is 18.2 Å². The van der Waals surface area contributed by atoms with E-state index in [0.29, 0.717) is 12.0 Å². The van der Waals surface area contributed by atoms with Crippen LogP contribution in [0.1, 0.15) is 24.9 Å². The molecule has 1 aromatic rings. The lowest BCUT2D eigenvalue weighted by molar-refractivity contribution is -0.385. The monoisotopic (exact) mass is 198 g/mol. The Hall–Kier alpha value is -1.49. The first-order chi connectivity index (χ1) is 6.56. The summed E-state index contributed by atoms with van der Waals surface area (Å²) in [5.41, 5.74) is 5.67. The Balaban J connectivity index is 3.07. The summed E-state index contributed by atoms with van der Waals surface area (Å²) in [6.07, 6.45) is 0.592. The number of nitrogens with two attached hydrogens (primary N) is 1. The van der Waals surface area contributed by atoms with Gasteiger partial charge >= 0.3 is 0 Å². The third-order valence-corrected chi connectivity index (χ3v) is 2.03. The van der Waals surface area contributed by atoms with Gasteiger partial charge in [-0.3, -0.25) is 10.1 Å². The molecule has 0 fully saturated rings. The molecule has 0 aromatic heterocycles. The Kier molecular flexibility index (Phi) is 3.14. The highest BCUT2D eigenvalue weighted by Crippen LogP contribution is 2.21. The molecule has 0 radical (unpaired) electrons. The first-order valence-corrected chi connectivity index (χ1v) is 4.25. The molecule has 0 aliphatic carbocycles. The lowest BCUT2D eigenvalue weighted by Gasteiger charge is -2.09. The molecule has 14 heavy (non-hydrogen) atoms. The third kappa shape index (κ3) is 2.05. The summed E-state index contributed by atoms with van der Waals surface area (Å²) in [5, 5.41) is 10.3. The van der Waals surface area contributed by atoms with Gasteiger partial charge in [0.15, 0.2) is 0 Å². The van der Waals surface area contributed by atoms with E-state index in [1.807, 2.05) is 6.92 Å². The van der Waals surface area contributed by atoms with Crippen molar-refractivity contribution in [1.82, 2.24) is 0 Å². The van der Waals surface area contributed by atoms with E-state index in [9.17, 15) is 14.5 Å². The Morgan fingerprint density at radius 1 is 1.64 bits per heavy atom. The molecule has 0 bridgehead atoms. The zero-order chi connectivity index (χ0) is 10.7. The summed E-state index contributed by atoms with van der Waals surface area (Å²) in [5.74, 6) is -0.617. The Morgan fingerprint density at radius 3 is 2.71 bits per heavy atom. The highest BCUT2D eigenvalue weighted by atomic mass is 19.1. The average molecular weight is 198 g/mol. The van der Waals surface area contributed by atoms with E-state index in [-0.39, 0.29) is 5.69 Å². The SMILES string of the molecule is CC[C@@H](N)c1ccc([N+](=O)[O-])cc1F. The molecule has 0 spiro atoms. The summed E-state index contributed by atoms with van der Waals surface area (Å²) >= 11 is 0. The molecule has 4 nitrogen and oxygen atoms in total. The molecule has 0 unspecified atom stereocenters. The number of hydrogen-bond acceptors (Lipinski definition) is 3. The second kappa shape index (κ2) is 4.15. The van der Waals surface area contributed by atoms with Crippen molar-refractivity contribution < 1.29 is 9.31 Å². The van der Waals surface area contributed by atoms with Gasteiger partial charge in [-0.15, -0.1) is 0 Å². The van der Waals surface area contributed by atoms with E-state index >= 15 is 0 Å². The molecule has 0 saturated carbocycles. The predicted molar refractivity (Wildman–Crippen MR) is 50.3 cm³/mol. The molecule has 0 amide bonds. The van der Waals surface area contributed by atoms with Crippen molar-refractivity contribution in [3.05, 3.63) is 39.7 Å². The van der Waals surface area contributed by atoms with E-state index in [1.165, 1.54) is 12.1 Å². The molecular weight excluding hydrogens is 187 g/mol. The van der Waals surface area contributed by atoms with Crippen LogP contribution in [0.5, 0.6) is 0 Å². The van der Waals surface area contributed by atoms with Crippen LogP contribution in [0.25, 0.3) is 0 Å². The van der Waals surface area contributed by atoms with Gasteiger partial charge in [0.2, 0.25) is 0 Å². The van der Waals surface area contributed by atoms with Gasteiger partial charge in [-0.1, -0.05) is 6.92 Å². The lowest BCUT2D eigenvalue weighted by atomic mass is 10.0. The van der Waals surface area contributed by atoms with Gasteiger partial charge in [0.05, 0.1) is 11.0 Å². The molecule has 0 aliphatic heterocycles. The van der Waals surface area contributed by atoms with E-state index in [4.69, 9.17) is 5.73 Å². The van der Waals surface area contributed by atoms with E-state index in [0.717, 1.165) is 6.07 Å². The van der Waals surface area contributed by atoms with Crippen LogP contribution in [-0.4, -0.2) is 4.92 Å². The largest absolute Gasteiger partial charge is 0.324 e. The Morgan fingerprint density at radius 2 is 2.29 bits per heavy atom. The molecule has 0 aliphatic rings. The van der Waals surface area contributed by atoms with Gasteiger partial charge < -0.3 is 5.73 Å². The predicted octanol–water partition coefficient (Wildman–Crippen LogP) is 2.14. The highest BCUT2D eigenvalue weighted by Gasteiger charge is 2.14. The van der Waals surface area contributed by atoms with Crippen molar-refractivity contribution in [3.63, 3.8) is 0 Å². The summed E-state index contributed by atoms with van der Waals surface area (Å²) in [7, 11) is 0. The molecule has 0 heterocycles. The van der Waals surface area contributed by atoms with Crippen LogP contribution in [0.2, 0.25) is 0 Å². The third-order valence-electron chi connectivity index (χ3n) is 2.03. The van der Waals surface area contributed by atoms with Gasteiger partial charge in [-0.25, -0.2) is 4.39 Å². The molecule has 5 heteroatoms. The van der Waals surface area contributed by atoms with Gasteiger partial charge in [0, 0.05) is 17.7 Å². The topological polar surface area (TPSA) is 69.2 Å². The number of halogens is 1. The maximum absolute atomic E-state index is 13.3. The summed E-state index contributed by atoms with van der Waals surface area (Å²) in [6, 6.07) is 3.11. The van der Waals surface area contributed by atoms with Crippen LogP contribution in [0.3, 0.4) is 0 Å². The minimum absolute atomic E-state index is 0.255. The van der Waals surface area contributed by atoms with E-state index in [1.54, 1.807) is 0 Å². The zero-order valence-corrected chi connectivity index (χ0v) is 7.74. The maximum Gasteiger partial charge on any atom is 0.272 e. The fourth-order valence-electron chi connectivity index (χ4n) is 1.15. The Labute approximate surface area is 80.7 Å². The molecule has 1 atom stereocenters. The number of nitro groups is 1. The molecule has 1 rings (SSSR count). The quantitative estimate of drug-likeness (QED) is 0.597. The van der Waals surface area contributed by atoms with Crippen LogP contribution in [-0.2, 0) is 0 Å². The minimum atomic E-state index is -0.635. The standard InChI is InChI=1S/C9H11FN2O2/c1-2-9(11)7-4-3-6(12(13)14)5-8(7)10/h3-5,9H,2,11H2,1H3/t9-/m1/s1. The lowest BCUT2D eigenvalue weighted by Crippen LogP contribution is -2.10. The average Bonchev–Trinajstić information content (AvgIpc) is 2.16. The number of hydrogen-bond donors (Lipinski definition) is 1. The molecule has 0 saturated heterocycles. The smallest absolute Gasteiger partial charge is 0.272 e. The zero-order valence-electron chi connectivity index (χ0n) is 7.74. The molecular formula is C9H11FN2O2. The van der Waals surface area contributed by atoms with Crippen molar-refractivity contribution >= 4 is 5.69 Å². The maximum atomic E-state index is 13.3. The first kappa shape index (κ1) is 10.6. The highest BCUT2D eigenvalue weighted by molar-refractivity contribution is 5.35.